The lowest BCUT2D eigenvalue weighted by atomic mass is 9.79. The molecule has 114 valence electrons. The molecule has 2 N–H and O–H groups in total. The monoisotopic (exact) mass is 294 g/mol. The minimum atomic E-state index is 0.107. The molecule has 0 bridgehead atoms. The molecule has 2 aromatic rings. The van der Waals surface area contributed by atoms with E-state index in [1.807, 2.05) is 0 Å². The van der Waals surface area contributed by atoms with E-state index in [1.54, 1.807) is 0 Å². The molecule has 0 aliphatic carbocycles. The van der Waals surface area contributed by atoms with Crippen molar-refractivity contribution in [2.24, 2.45) is 0 Å². The number of nitriles is 1. The smallest absolute Gasteiger partial charge is 0.0635 e. The molecule has 1 spiro atoms. The Hall–Kier alpha value is -1.83. The maximum atomic E-state index is 8.76. The molecule has 0 radical (unpaired) electrons. The Bertz CT molecular complexity index is 716. The lowest BCUT2D eigenvalue weighted by molar-refractivity contribution is 0.128. The SMILES string of the molecule is N#CCCN1CCC2(CC1)NCCc1c2[nH]c2ccccc12. The summed E-state index contributed by atoms with van der Waals surface area (Å²) in [7, 11) is 0. The van der Waals surface area contributed by atoms with Crippen molar-refractivity contribution in [3.05, 3.63) is 35.5 Å². The number of aromatic nitrogens is 1. The third kappa shape index (κ3) is 2.13. The molecule has 4 heteroatoms. The van der Waals surface area contributed by atoms with Crippen LogP contribution in [-0.2, 0) is 12.0 Å². The van der Waals surface area contributed by atoms with E-state index in [1.165, 1.54) is 22.2 Å². The van der Waals surface area contributed by atoms with Crippen LogP contribution in [0.5, 0.6) is 0 Å². The molecule has 0 amide bonds. The summed E-state index contributed by atoms with van der Waals surface area (Å²) in [4.78, 5) is 6.12. The molecule has 1 aromatic heterocycles. The number of para-hydroxylation sites is 1. The van der Waals surface area contributed by atoms with Gasteiger partial charge in [0.1, 0.15) is 0 Å². The van der Waals surface area contributed by atoms with Crippen LogP contribution >= 0.6 is 0 Å². The van der Waals surface area contributed by atoms with E-state index < -0.39 is 0 Å². The van der Waals surface area contributed by atoms with Gasteiger partial charge in [0, 0.05) is 49.2 Å². The molecule has 1 fully saturated rings. The fourth-order valence-electron chi connectivity index (χ4n) is 4.18. The van der Waals surface area contributed by atoms with E-state index in [4.69, 9.17) is 5.26 Å². The van der Waals surface area contributed by atoms with Crippen LogP contribution < -0.4 is 5.32 Å². The van der Waals surface area contributed by atoms with Gasteiger partial charge in [-0.1, -0.05) is 18.2 Å². The van der Waals surface area contributed by atoms with E-state index >= 15 is 0 Å². The Morgan fingerprint density at radius 1 is 1.23 bits per heavy atom. The highest BCUT2D eigenvalue weighted by molar-refractivity contribution is 5.85. The molecule has 1 saturated heterocycles. The average Bonchev–Trinajstić information content (AvgIpc) is 2.95. The van der Waals surface area contributed by atoms with Gasteiger partial charge in [-0.2, -0.15) is 5.26 Å². The number of nitrogens with zero attached hydrogens (tertiary/aromatic N) is 2. The summed E-state index contributed by atoms with van der Waals surface area (Å²) in [5, 5.41) is 14.0. The van der Waals surface area contributed by atoms with Crippen LogP contribution in [-0.4, -0.2) is 36.1 Å². The molecular formula is C18H22N4. The highest BCUT2D eigenvalue weighted by Crippen LogP contribution is 2.39. The zero-order chi connectivity index (χ0) is 15.0. The van der Waals surface area contributed by atoms with Crippen molar-refractivity contribution in [1.29, 1.82) is 5.26 Å². The largest absolute Gasteiger partial charge is 0.357 e. The van der Waals surface area contributed by atoms with Gasteiger partial charge >= 0.3 is 0 Å². The molecule has 0 atom stereocenters. The highest BCUT2D eigenvalue weighted by Gasteiger charge is 2.40. The third-order valence-corrected chi connectivity index (χ3v) is 5.38. The molecule has 4 nitrogen and oxygen atoms in total. The van der Waals surface area contributed by atoms with Gasteiger partial charge in [0.2, 0.25) is 0 Å². The fourth-order valence-corrected chi connectivity index (χ4v) is 4.18. The zero-order valence-corrected chi connectivity index (χ0v) is 12.9. The number of likely N-dealkylation sites (tertiary alicyclic amines) is 1. The van der Waals surface area contributed by atoms with E-state index in [2.05, 4.69) is 45.5 Å². The van der Waals surface area contributed by atoms with Crippen molar-refractivity contribution in [3.63, 3.8) is 0 Å². The molecule has 1 aromatic carbocycles. The Labute approximate surface area is 131 Å². The zero-order valence-electron chi connectivity index (χ0n) is 12.9. The summed E-state index contributed by atoms with van der Waals surface area (Å²) in [5.74, 6) is 0. The van der Waals surface area contributed by atoms with Crippen molar-refractivity contribution in [1.82, 2.24) is 15.2 Å². The standard InChI is InChI=1S/C18H22N4/c19-9-3-11-22-12-7-18(8-13-22)17-15(6-10-20-18)14-4-1-2-5-16(14)21-17/h1-2,4-5,20-21H,3,6-8,10-13H2. The molecular weight excluding hydrogens is 272 g/mol. The van der Waals surface area contributed by atoms with E-state index in [-0.39, 0.29) is 5.54 Å². The van der Waals surface area contributed by atoms with Crippen molar-refractivity contribution in [2.45, 2.75) is 31.2 Å². The molecule has 4 rings (SSSR count). The second-order valence-corrected chi connectivity index (χ2v) is 6.53. The van der Waals surface area contributed by atoms with Crippen LogP contribution in [0.25, 0.3) is 10.9 Å². The van der Waals surface area contributed by atoms with Gasteiger partial charge in [0.25, 0.3) is 0 Å². The first-order chi connectivity index (χ1) is 10.8. The highest BCUT2D eigenvalue weighted by atomic mass is 15.2. The summed E-state index contributed by atoms with van der Waals surface area (Å²) in [6, 6.07) is 10.9. The summed E-state index contributed by atoms with van der Waals surface area (Å²) in [6.07, 6.45) is 3.99. The molecule has 0 saturated carbocycles. The first-order valence-electron chi connectivity index (χ1n) is 8.27. The number of nitrogens with one attached hydrogen (secondary N) is 2. The van der Waals surface area contributed by atoms with E-state index in [0.717, 1.165) is 45.4 Å². The van der Waals surface area contributed by atoms with Crippen LogP contribution in [0.3, 0.4) is 0 Å². The lowest BCUT2D eigenvalue weighted by Gasteiger charge is -2.44. The first kappa shape index (κ1) is 13.8. The summed E-state index contributed by atoms with van der Waals surface area (Å²) >= 11 is 0. The second-order valence-electron chi connectivity index (χ2n) is 6.53. The summed E-state index contributed by atoms with van der Waals surface area (Å²) in [5.41, 5.74) is 4.30. The lowest BCUT2D eigenvalue weighted by Crippen LogP contribution is -2.54. The van der Waals surface area contributed by atoms with Crippen LogP contribution in [0.1, 0.15) is 30.5 Å². The topological polar surface area (TPSA) is 54.9 Å². The minimum Gasteiger partial charge on any atom is -0.357 e. The Morgan fingerprint density at radius 3 is 2.86 bits per heavy atom. The van der Waals surface area contributed by atoms with Crippen LogP contribution in [0.15, 0.2) is 24.3 Å². The number of hydrogen-bond donors (Lipinski definition) is 2. The van der Waals surface area contributed by atoms with Crippen LogP contribution in [0.4, 0.5) is 0 Å². The Kier molecular flexibility index (Phi) is 3.40. The van der Waals surface area contributed by atoms with Crippen LogP contribution in [0.2, 0.25) is 0 Å². The normalized spacial score (nSPS) is 20.9. The maximum absolute atomic E-state index is 8.76. The molecule has 2 aliphatic heterocycles. The number of benzene rings is 1. The quantitative estimate of drug-likeness (QED) is 0.895. The van der Waals surface area contributed by atoms with Crippen molar-refractivity contribution in [3.8, 4) is 6.07 Å². The van der Waals surface area contributed by atoms with Crippen molar-refractivity contribution >= 4 is 10.9 Å². The van der Waals surface area contributed by atoms with Gasteiger partial charge in [-0.3, -0.25) is 0 Å². The Morgan fingerprint density at radius 2 is 2.05 bits per heavy atom. The van der Waals surface area contributed by atoms with E-state index in [0.29, 0.717) is 6.42 Å². The molecule has 2 aliphatic rings. The summed E-state index contributed by atoms with van der Waals surface area (Å²) < 4.78 is 0. The minimum absolute atomic E-state index is 0.107. The van der Waals surface area contributed by atoms with Crippen LogP contribution in [0, 0.1) is 11.3 Å². The number of hydrogen-bond acceptors (Lipinski definition) is 3. The number of rotatable bonds is 2. The molecule has 3 heterocycles. The average molecular weight is 294 g/mol. The van der Waals surface area contributed by atoms with Gasteiger partial charge in [0.15, 0.2) is 0 Å². The first-order valence-corrected chi connectivity index (χ1v) is 8.27. The predicted octanol–water partition coefficient (Wildman–Crippen LogP) is 2.52. The number of aromatic amines is 1. The van der Waals surface area contributed by atoms with Gasteiger partial charge in [0.05, 0.1) is 11.6 Å². The third-order valence-electron chi connectivity index (χ3n) is 5.38. The Balaban J connectivity index is 1.64. The maximum Gasteiger partial charge on any atom is 0.0635 e. The predicted molar refractivity (Wildman–Crippen MR) is 87.6 cm³/mol. The number of fused-ring (bicyclic) bond motifs is 4. The van der Waals surface area contributed by atoms with Gasteiger partial charge in [-0.25, -0.2) is 0 Å². The van der Waals surface area contributed by atoms with Gasteiger partial charge in [-0.05, 0) is 30.9 Å². The number of piperidine rings is 1. The fraction of sp³-hybridized carbons (Fsp3) is 0.500. The number of H-pyrrole nitrogens is 1. The van der Waals surface area contributed by atoms with Crippen molar-refractivity contribution < 1.29 is 0 Å². The second kappa shape index (κ2) is 5.42. The van der Waals surface area contributed by atoms with E-state index in [9.17, 15) is 0 Å². The van der Waals surface area contributed by atoms with Crippen molar-refractivity contribution in [2.75, 3.05) is 26.2 Å². The van der Waals surface area contributed by atoms with Gasteiger partial charge in [-0.15, -0.1) is 0 Å². The summed E-state index contributed by atoms with van der Waals surface area (Å²) in [6.45, 7) is 4.12. The molecule has 22 heavy (non-hydrogen) atoms. The molecule has 0 unspecified atom stereocenters. The van der Waals surface area contributed by atoms with Gasteiger partial charge < -0.3 is 15.2 Å².